The van der Waals surface area contributed by atoms with E-state index < -0.39 is 0 Å². The summed E-state index contributed by atoms with van der Waals surface area (Å²) in [6, 6.07) is 15.5. The molecule has 0 aliphatic carbocycles. The molecule has 0 aliphatic heterocycles. The third kappa shape index (κ3) is 1.28. The van der Waals surface area contributed by atoms with Gasteiger partial charge in [0.2, 0.25) is 0 Å². The van der Waals surface area contributed by atoms with Crippen LogP contribution >= 0.6 is 0 Å². The van der Waals surface area contributed by atoms with Crippen LogP contribution in [0.15, 0.2) is 48.5 Å². The Kier molecular flexibility index (Phi) is 2.15. The molecule has 0 saturated carbocycles. The second kappa shape index (κ2) is 3.87. The lowest BCUT2D eigenvalue weighted by Gasteiger charge is -2.13. The molecule has 4 rings (SSSR count). The molecule has 0 unspecified atom stereocenters. The van der Waals surface area contributed by atoms with Crippen LogP contribution in [-0.4, -0.2) is 12.6 Å². The van der Waals surface area contributed by atoms with Crippen molar-refractivity contribution in [2.24, 2.45) is 0 Å². The first-order valence-electron chi connectivity index (χ1n) is 6.44. The van der Waals surface area contributed by atoms with E-state index in [0.29, 0.717) is 11.1 Å². The highest BCUT2D eigenvalue weighted by atomic mass is 16.1. The van der Waals surface area contributed by atoms with E-state index in [1.165, 1.54) is 0 Å². The molecule has 94 valence electrons. The van der Waals surface area contributed by atoms with Crippen molar-refractivity contribution in [2.45, 2.75) is 0 Å². The second-order valence-corrected chi connectivity index (χ2v) is 4.97. The molecular weight excluding hydrogens is 248 g/mol. The van der Waals surface area contributed by atoms with Crippen molar-refractivity contribution in [3.05, 3.63) is 59.7 Å². The van der Waals surface area contributed by atoms with Crippen molar-refractivity contribution >= 4 is 44.9 Å². The van der Waals surface area contributed by atoms with Gasteiger partial charge in [-0.05, 0) is 44.5 Å². The molecule has 0 heterocycles. The minimum absolute atomic E-state index is 0.689. The maximum absolute atomic E-state index is 11.3. The summed E-state index contributed by atoms with van der Waals surface area (Å²) in [5.74, 6) is 0. The highest BCUT2D eigenvalue weighted by Gasteiger charge is 2.13. The monoisotopic (exact) mass is 258 g/mol. The molecule has 20 heavy (non-hydrogen) atoms. The fraction of sp³-hybridized carbons (Fsp3) is 0. The lowest BCUT2D eigenvalue weighted by atomic mass is 9.89. The van der Waals surface area contributed by atoms with E-state index in [4.69, 9.17) is 0 Å². The predicted octanol–water partition coefficient (Wildman–Crippen LogP) is 4.21. The van der Waals surface area contributed by atoms with Gasteiger partial charge in [-0.15, -0.1) is 0 Å². The van der Waals surface area contributed by atoms with Crippen molar-refractivity contribution in [3.8, 4) is 0 Å². The molecule has 0 aromatic heterocycles. The third-order valence-corrected chi connectivity index (χ3v) is 3.94. The van der Waals surface area contributed by atoms with E-state index in [9.17, 15) is 9.59 Å². The number of aldehydes is 2. The summed E-state index contributed by atoms with van der Waals surface area (Å²) in [4.78, 5) is 22.7. The first kappa shape index (κ1) is 11.1. The summed E-state index contributed by atoms with van der Waals surface area (Å²) in [6.45, 7) is 0. The van der Waals surface area contributed by atoms with Gasteiger partial charge in [-0.2, -0.15) is 0 Å². The van der Waals surface area contributed by atoms with Gasteiger partial charge in [0, 0.05) is 11.1 Å². The molecule has 0 N–H and O–H groups in total. The van der Waals surface area contributed by atoms with Crippen LogP contribution in [0, 0.1) is 0 Å². The average Bonchev–Trinajstić information content (AvgIpc) is 2.51. The van der Waals surface area contributed by atoms with Gasteiger partial charge in [0.05, 0.1) is 0 Å². The second-order valence-electron chi connectivity index (χ2n) is 4.97. The first-order valence-corrected chi connectivity index (χ1v) is 6.44. The Morgan fingerprint density at radius 1 is 0.650 bits per heavy atom. The van der Waals surface area contributed by atoms with Crippen LogP contribution in [0.5, 0.6) is 0 Å². The van der Waals surface area contributed by atoms with Gasteiger partial charge >= 0.3 is 0 Å². The average molecular weight is 258 g/mol. The topological polar surface area (TPSA) is 34.1 Å². The molecular formula is C18H10O2. The van der Waals surface area contributed by atoms with Gasteiger partial charge < -0.3 is 0 Å². The van der Waals surface area contributed by atoms with Crippen LogP contribution in [0.2, 0.25) is 0 Å². The van der Waals surface area contributed by atoms with Gasteiger partial charge in [0.15, 0.2) is 12.6 Å². The molecule has 4 aromatic carbocycles. The van der Waals surface area contributed by atoms with Gasteiger partial charge in [-0.3, -0.25) is 9.59 Å². The van der Waals surface area contributed by atoms with E-state index in [2.05, 4.69) is 0 Å². The lowest BCUT2D eigenvalue weighted by Crippen LogP contribution is -1.92. The van der Waals surface area contributed by atoms with E-state index >= 15 is 0 Å². The molecule has 0 bridgehead atoms. The number of rotatable bonds is 2. The SMILES string of the molecule is O=Cc1cc2cccc3c(C=O)cc4cccc1c4c23. The standard InChI is InChI=1S/C18H10O2/c19-9-13-8-12-4-2-6-16-14(10-20)7-11-3-1-5-15(13)17(11)18(12)16/h1-10H. The zero-order valence-corrected chi connectivity index (χ0v) is 10.6. The molecule has 2 nitrogen and oxygen atoms in total. The normalized spacial score (nSPS) is 11.4. The zero-order chi connectivity index (χ0) is 13.7. The smallest absolute Gasteiger partial charge is 0.150 e. The molecule has 0 aliphatic rings. The summed E-state index contributed by atoms with van der Waals surface area (Å²) < 4.78 is 0. The maximum Gasteiger partial charge on any atom is 0.150 e. The summed E-state index contributed by atoms with van der Waals surface area (Å²) in [7, 11) is 0. The maximum atomic E-state index is 11.3. The summed E-state index contributed by atoms with van der Waals surface area (Å²) in [5, 5.41) is 6.01. The van der Waals surface area contributed by atoms with E-state index in [1.54, 1.807) is 0 Å². The van der Waals surface area contributed by atoms with Crippen LogP contribution < -0.4 is 0 Å². The largest absolute Gasteiger partial charge is 0.298 e. The van der Waals surface area contributed by atoms with Crippen molar-refractivity contribution in [3.63, 3.8) is 0 Å². The van der Waals surface area contributed by atoms with Crippen LogP contribution in [0.1, 0.15) is 20.7 Å². The lowest BCUT2D eigenvalue weighted by molar-refractivity contribution is 0.111. The summed E-state index contributed by atoms with van der Waals surface area (Å²) >= 11 is 0. The fourth-order valence-corrected chi connectivity index (χ4v) is 3.11. The van der Waals surface area contributed by atoms with Crippen molar-refractivity contribution in [1.29, 1.82) is 0 Å². The number of hydrogen-bond donors (Lipinski definition) is 0. The number of carbonyl (C=O) groups excluding carboxylic acids is 2. The van der Waals surface area contributed by atoms with Gasteiger partial charge in [0.1, 0.15) is 0 Å². The Bertz CT molecular complexity index is 901. The molecule has 0 fully saturated rings. The van der Waals surface area contributed by atoms with Crippen LogP contribution in [0.4, 0.5) is 0 Å². The van der Waals surface area contributed by atoms with Crippen LogP contribution in [0.3, 0.4) is 0 Å². The molecule has 0 amide bonds. The highest BCUT2D eigenvalue weighted by Crippen LogP contribution is 2.37. The van der Waals surface area contributed by atoms with Gasteiger partial charge in [-0.25, -0.2) is 0 Å². The van der Waals surface area contributed by atoms with Gasteiger partial charge in [-0.1, -0.05) is 36.4 Å². The Morgan fingerprint density at radius 3 is 1.50 bits per heavy atom. The van der Waals surface area contributed by atoms with Crippen molar-refractivity contribution < 1.29 is 9.59 Å². The van der Waals surface area contributed by atoms with Crippen molar-refractivity contribution in [2.75, 3.05) is 0 Å². The Labute approximate surface area is 115 Å². The highest BCUT2D eigenvalue weighted by molar-refractivity contribution is 6.28. The van der Waals surface area contributed by atoms with Gasteiger partial charge in [0.25, 0.3) is 0 Å². The number of carbonyl (C=O) groups is 2. The van der Waals surface area contributed by atoms with E-state index in [1.807, 2.05) is 48.5 Å². The first-order chi connectivity index (χ1) is 9.83. The quantitative estimate of drug-likeness (QED) is 0.398. The molecule has 2 heteroatoms. The van der Waals surface area contributed by atoms with E-state index in [-0.39, 0.29) is 0 Å². The summed E-state index contributed by atoms with van der Waals surface area (Å²) in [6.07, 6.45) is 1.79. The number of benzene rings is 4. The fourth-order valence-electron chi connectivity index (χ4n) is 3.11. The Balaban J connectivity index is 2.45. The Morgan fingerprint density at radius 2 is 1.10 bits per heavy atom. The predicted molar refractivity (Wildman–Crippen MR) is 80.9 cm³/mol. The van der Waals surface area contributed by atoms with E-state index in [0.717, 1.165) is 44.9 Å². The molecule has 0 radical (unpaired) electrons. The van der Waals surface area contributed by atoms with Crippen LogP contribution in [0.25, 0.3) is 32.3 Å². The summed E-state index contributed by atoms with van der Waals surface area (Å²) in [5.41, 5.74) is 1.38. The Hall–Kier alpha value is -2.74. The minimum atomic E-state index is 0.689. The molecule has 0 spiro atoms. The molecule has 0 saturated heterocycles. The minimum Gasteiger partial charge on any atom is -0.298 e. The van der Waals surface area contributed by atoms with Crippen molar-refractivity contribution in [1.82, 2.24) is 0 Å². The third-order valence-electron chi connectivity index (χ3n) is 3.94. The van der Waals surface area contributed by atoms with Crippen LogP contribution in [-0.2, 0) is 0 Å². The zero-order valence-electron chi connectivity index (χ0n) is 10.6. The number of hydrogen-bond acceptors (Lipinski definition) is 2. The molecule has 0 atom stereocenters. The molecule has 4 aromatic rings.